The molecule has 1 N–H and O–H groups in total. The summed E-state index contributed by atoms with van der Waals surface area (Å²) in [4.78, 5) is 0. The first-order chi connectivity index (χ1) is 11.3. The predicted molar refractivity (Wildman–Crippen MR) is 84.8 cm³/mol. The van der Waals surface area contributed by atoms with E-state index in [2.05, 4.69) is 10.4 Å². The molecule has 2 aromatic rings. The Labute approximate surface area is 135 Å². The van der Waals surface area contributed by atoms with Gasteiger partial charge >= 0.3 is 0 Å². The number of hydrogen-bond acceptors (Lipinski definition) is 5. The number of aromatic nitrogens is 2. The van der Waals surface area contributed by atoms with Crippen molar-refractivity contribution >= 4 is 0 Å². The summed E-state index contributed by atoms with van der Waals surface area (Å²) in [6.07, 6.45) is 5.43. The van der Waals surface area contributed by atoms with Gasteiger partial charge in [0, 0.05) is 30.9 Å². The van der Waals surface area contributed by atoms with E-state index in [4.69, 9.17) is 14.2 Å². The lowest BCUT2D eigenvalue weighted by Gasteiger charge is -2.24. The second kappa shape index (κ2) is 5.77. The zero-order valence-corrected chi connectivity index (χ0v) is 13.5. The van der Waals surface area contributed by atoms with E-state index in [9.17, 15) is 0 Å². The molecule has 0 amide bonds. The lowest BCUT2D eigenvalue weighted by molar-refractivity contribution is 0.171. The van der Waals surface area contributed by atoms with Gasteiger partial charge in [-0.2, -0.15) is 5.10 Å². The van der Waals surface area contributed by atoms with Crippen LogP contribution in [-0.2, 0) is 20.0 Å². The van der Waals surface area contributed by atoms with Crippen LogP contribution in [0.1, 0.15) is 35.7 Å². The van der Waals surface area contributed by atoms with Crippen LogP contribution in [0.5, 0.6) is 17.2 Å². The summed E-state index contributed by atoms with van der Waals surface area (Å²) in [5.74, 6) is 2.18. The highest BCUT2D eigenvalue weighted by Gasteiger charge is 2.24. The Hall–Kier alpha value is -2.21. The van der Waals surface area contributed by atoms with Crippen molar-refractivity contribution in [3.8, 4) is 17.2 Å². The van der Waals surface area contributed by atoms with Crippen LogP contribution in [0.15, 0.2) is 18.3 Å². The number of fused-ring (bicyclic) bond motifs is 2. The highest BCUT2D eigenvalue weighted by molar-refractivity contribution is 5.55. The third-order valence-electron chi connectivity index (χ3n) is 4.65. The zero-order chi connectivity index (χ0) is 15.8. The maximum Gasteiger partial charge on any atom is 0.231 e. The second-order valence-electron chi connectivity index (χ2n) is 6.03. The molecule has 2 heterocycles. The lowest BCUT2D eigenvalue weighted by Crippen LogP contribution is -2.24. The fourth-order valence-corrected chi connectivity index (χ4v) is 3.45. The van der Waals surface area contributed by atoms with Crippen LogP contribution in [0.4, 0.5) is 0 Å². The first kappa shape index (κ1) is 14.4. The molecule has 6 nitrogen and oxygen atoms in total. The SMILES string of the molecule is COc1cc(CNC2CCCc3c2cnn3C)cc2c1OCO2. The van der Waals surface area contributed by atoms with Gasteiger partial charge in [-0.15, -0.1) is 0 Å². The van der Waals surface area contributed by atoms with Gasteiger partial charge in [0.25, 0.3) is 0 Å². The van der Waals surface area contributed by atoms with Crippen molar-refractivity contribution in [3.63, 3.8) is 0 Å². The van der Waals surface area contributed by atoms with Gasteiger partial charge in [-0.1, -0.05) is 0 Å². The number of nitrogens with zero attached hydrogens (tertiary/aromatic N) is 2. The van der Waals surface area contributed by atoms with E-state index in [1.54, 1.807) is 7.11 Å². The summed E-state index contributed by atoms with van der Waals surface area (Å²) in [5.41, 5.74) is 3.80. The fraction of sp³-hybridized carbons (Fsp3) is 0.471. The van der Waals surface area contributed by atoms with E-state index < -0.39 is 0 Å². The van der Waals surface area contributed by atoms with Gasteiger partial charge in [0.1, 0.15) is 0 Å². The highest BCUT2D eigenvalue weighted by atomic mass is 16.7. The lowest BCUT2D eigenvalue weighted by atomic mass is 9.93. The van der Waals surface area contributed by atoms with Gasteiger partial charge in [-0.05, 0) is 37.0 Å². The average Bonchev–Trinajstić information content (AvgIpc) is 3.19. The Kier molecular flexibility index (Phi) is 3.61. The number of benzene rings is 1. The van der Waals surface area contributed by atoms with Crippen molar-refractivity contribution in [3.05, 3.63) is 35.2 Å². The molecule has 0 saturated heterocycles. The third kappa shape index (κ3) is 2.53. The van der Waals surface area contributed by atoms with E-state index >= 15 is 0 Å². The van der Waals surface area contributed by atoms with Gasteiger partial charge in [-0.25, -0.2) is 0 Å². The number of hydrogen-bond donors (Lipinski definition) is 1. The van der Waals surface area contributed by atoms with Crippen molar-refractivity contribution < 1.29 is 14.2 Å². The molecule has 1 aliphatic heterocycles. The third-order valence-corrected chi connectivity index (χ3v) is 4.65. The maximum atomic E-state index is 5.49. The maximum absolute atomic E-state index is 5.49. The normalized spacial score (nSPS) is 18.8. The number of rotatable bonds is 4. The van der Waals surface area contributed by atoms with Gasteiger partial charge in [0.05, 0.1) is 13.3 Å². The largest absolute Gasteiger partial charge is 0.493 e. The van der Waals surface area contributed by atoms with E-state index in [0.29, 0.717) is 11.8 Å². The molecule has 0 radical (unpaired) electrons. The molecule has 1 aromatic carbocycles. The number of methoxy groups -OCH3 is 1. The number of aryl methyl sites for hydroxylation is 1. The monoisotopic (exact) mass is 315 g/mol. The molecule has 0 fully saturated rings. The van der Waals surface area contributed by atoms with Gasteiger partial charge in [-0.3, -0.25) is 4.68 Å². The summed E-state index contributed by atoms with van der Waals surface area (Å²) in [6.45, 7) is 1.01. The molecule has 1 aliphatic carbocycles. The predicted octanol–water partition coefficient (Wildman–Crippen LogP) is 2.32. The molecule has 122 valence electrons. The minimum atomic E-state index is 0.254. The van der Waals surface area contributed by atoms with Crippen molar-refractivity contribution in [2.75, 3.05) is 13.9 Å². The van der Waals surface area contributed by atoms with E-state index in [1.807, 2.05) is 30.1 Å². The first-order valence-corrected chi connectivity index (χ1v) is 7.97. The van der Waals surface area contributed by atoms with Crippen LogP contribution >= 0.6 is 0 Å². The zero-order valence-electron chi connectivity index (χ0n) is 13.5. The van der Waals surface area contributed by atoms with Crippen LogP contribution < -0.4 is 19.5 Å². The molecule has 23 heavy (non-hydrogen) atoms. The molecule has 1 atom stereocenters. The Bertz CT molecular complexity index is 726. The number of ether oxygens (including phenoxy) is 3. The highest BCUT2D eigenvalue weighted by Crippen LogP contribution is 2.42. The molecule has 6 heteroatoms. The summed E-state index contributed by atoms with van der Waals surface area (Å²) in [5, 5.41) is 8.04. The Morgan fingerprint density at radius 3 is 3.17 bits per heavy atom. The molecule has 1 unspecified atom stereocenters. The van der Waals surface area contributed by atoms with E-state index in [0.717, 1.165) is 36.4 Å². The average molecular weight is 315 g/mol. The summed E-state index contributed by atoms with van der Waals surface area (Å²) >= 11 is 0. The van der Waals surface area contributed by atoms with Gasteiger partial charge in [0.15, 0.2) is 11.5 Å². The van der Waals surface area contributed by atoms with E-state index in [1.165, 1.54) is 17.7 Å². The second-order valence-corrected chi connectivity index (χ2v) is 6.03. The van der Waals surface area contributed by atoms with E-state index in [-0.39, 0.29) is 6.79 Å². The Morgan fingerprint density at radius 2 is 2.30 bits per heavy atom. The number of nitrogens with one attached hydrogen (secondary N) is 1. The molecule has 0 bridgehead atoms. The topological polar surface area (TPSA) is 57.5 Å². The van der Waals surface area contributed by atoms with Crippen molar-refractivity contribution in [2.45, 2.75) is 31.8 Å². The minimum Gasteiger partial charge on any atom is -0.493 e. The first-order valence-electron chi connectivity index (χ1n) is 7.97. The quantitative estimate of drug-likeness (QED) is 0.938. The molecular formula is C17H21N3O3. The summed E-state index contributed by atoms with van der Waals surface area (Å²) in [6, 6.07) is 4.38. The standard InChI is InChI=1S/C17H21N3O3/c1-20-14-5-3-4-13(12(14)9-19-20)18-8-11-6-15(21-2)17-16(7-11)22-10-23-17/h6-7,9,13,18H,3-5,8,10H2,1-2H3. The van der Waals surface area contributed by atoms with Crippen molar-refractivity contribution in [1.82, 2.24) is 15.1 Å². The smallest absolute Gasteiger partial charge is 0.231 e. The van der Waals surface area contributed by atoms with Crippen LogP contribution in [0, 0.1) is 0 Å². The van der Waals surface area contributed by atoms with Gasteiger partial charge in [0.2, 0.25) is 12.5 Å². The Balaban J connectivity index is 1.52. The summed E-state index contributed by atoms with van der Waals surface area (Å²) < 4.78 is 18.3. The molecular weight excluding hydrogens is 294 g/mol. The fourth-order valence-electron chi connectivity index (χ4n) is 3.45. The van der Waals surface area contributed by atoms with Gasteiger partial charge < -0.3 is 19.5 Å². The Morgan fingerprint density at radius 1 is 1.39 bits per heavy atom. The molecule has 1 aromatic heterocycles. The van der Waals surface area contributed by atoms with Crippen LogP contribution in [0.3, 0.4) is 0 Å². The van der Waals surface area contributed by atoms with Crippen LogP contribution in [0.2, 0.25) is 0 Å². The van der Waals surface area contributed by atoms with Crippen molar-refractivity contribution in [2.24, 2.45) is 7.05 Å². The molecule has 4 rings (SSSR count). The molecule has 0 spiro atoms. The molecule has 0 saturated carbocycles. The minimum absolute atomic E-state index is 0.254. The summed E-state index contributed by atoms with van der Waals surface area (Å²) in [7, 11) is 3.67. The molecule has 2 aliphatic rings. The van der Waals surface area contributed by atoms with Crippen molar-refractivity contribution in [1.29, 1.82) is 0 Å². The van der Waals surface area contributed by atoms with Crippen LogP contribution in [-0.4, -0.2) is 23.7 Å². The van der Waals surface area contributed by atoms with Crippen LogP contribution in [0.25, 0.3) is 0 Å².